The molecule has 0 spiro atoms. The van der Waals surface area contributed by atoms with E-state index in [1.807, 2.05) is 13.8 Å². The maximum atomic E-state index is 12.2. The lowest BCUT2D eigenvalue weighted by atomic mass is 10.2. The van der Waals surface area contributed by atoms with Gasteiger partial charge in [0.1, 0.15) is 0 Å². The molecule has 0 N–H and O–H groups in total. The maximum Gasteiger partial charge on any atom is 0.261 e. The molecule has 1 aliphatic heterocycles. The zero-order valence-electron chi connectivity index (χ0n) is 9.25. The van der Waals surface area contributed by atoms with Crippen LogP contribution in [0.5, 0.6) is 0 Å². The topological polar surface area (TPSA) is 50.3 Å². The molecule has 0 radical (unpaired) electrons. The fourth-order valence-corrected chi connectivity index (χ4v) is 4.38. The molecule has 2 rings (SSSR count). The Kier molecular flexibility index (Phi) is 2.98. The Bertz CT molecular complexity index is 471. The molecule has 4 nitrogen and oxygen atoms in total. The monoisotopic (exact) mass is 258 g/mol. The highest BCUT2D eigenvalue weighted by Crippen LogP contribution is 2.35. The van der Waals surface area contributed by atoms with E-state index in [4.69, 9.17) is 0 Å². The lowest BCUT2D eigenvalue weighted by molar-refractivity contribution is 0.448. The van der Waals surface area contributed by atoms with Crippen LogP contribution >= 0.6 is 11.8 Å². The number of hydrogen-bond donors (Lipinski definition) is 0. The number of rotatable bonds is 2. The van der Waals surface area contributed by atoms with Crippen molar-refractivity contribution in [1.82, 2.24) is 9.29 Å². The van der Waals surface area contributed by atoms with Crippen LogP contribution in [0.3, 0.4) is 0 Å². The number of pyridine rings is 1. The second kappa shape index (κ2) is 4.01. The van der Waals surface area contributed by atoms with Gasteiger partial charge >= 0.3 is 0 Å². The molecule has 1 aliphatic rings. The zero-order chi connectivity index (χ0) is 11.8. The highest BCUT2D eigenvalue weighted by atomic mass is 32.2. The first-order chi connectivity index (χ1) is 7.42. The molecule has 0 aromatic carbocycles. The third-order valence-corrected chi connectivity index (χ3v) is 5.62. The summed E-state index contributed by atoms with van der Waals surface area (Å²) in [4.78, 5) is 3.90. The molecule has 1 saturated heterocycles. The van der Waals surface area contributed by atoms with E-state index in [9.17, 15) is 8.42 Å². The van der Waals surface area contributed by atoms with Crippen molar-refractivity contribution in [2.24, 2.45) is 0 Å². The molecule has 0 atom stereocenters. The van der Waals surface area contributed by atoms with E-state index in [1.165, 1.54) is 16.6 Å². The normalized spacial score (nSPS) is 21.1. The van der Waals surface area contributed by atoms with Crippen molar-refractivity contribution in [3.05, 3.63) is 24.4 Å². The third kappa shape index (κ3) is 2.23. The van der Waals surface area contributed by atoms with E-state index in [2.05, 4.69) is 4.98 Å². The quantitative estimate of drug-likeness (QED) is 0.807. The summed E-state index contributed by atoms with van der Waals surface area (Å²) in [6, 6.07) is 4.93. The van der Waals surface area contributed by atoms with Crippen molar-refractivity contribution < 1.29 is 8.42 Å². The summed E-state index contributed by atoms with van der Waals surface area (Å²) in [7, 11) is -3.41. The van der Waals surface area contributed by atoms with Crippen LogP contribution in [0.4, 0.5) is 0 Å². The Balaban J connectivity index is 2.28. The minimum absolute atomic E-state index is 0.0121. The molecule has 1 fully saturated rings. The number of nitrogens with zero attached hydrogens (tertiary/aromatic N) is 2. The average Bonchev–Trinajstić information content (AvgIpc) is 2.61. The molecular formula is C10H14N2O2S2. The Labute approximate surface area is 100 Å². The first-order valence-electron chi connectivity index (χ1n) is 4.97. The second-order valence-electron chi connectivity index (χ2n) is 4.32. The Morgan fingerprint density at radius 1 is 1.44 bits per heavy atom. The van der Waals surface area contributed by atoms with E-state index in [-0.39, 0.29) is 9.77 Å². The number of thioether (sulfide) groups is 1. The molecule has 2 heterocycles. The van der Waals surface area contributed by atoms with Gasteiger partial charge in [0.25, 0.3) is 10.0 Å². The minimum Gasteiger partial charge on any atom is -0.243 e. The smallest absolute Gasteiger partial charge is 0.243 e. The Hall–Kier alpha value is -0.590. The minimum atomic E-state index is -3.41. The van der Waals surface area contributed by atoms with Gasteiger partial charge in [-0.25, -0.2) is 13.4 Å². The summed E-state index contributed by atoms with van der Waals surface area (Å²) in [5.41, 5.74) is 0. The molecule has 0 aliphatic carbocycles. The molecule has 0 saturated carbocycles. The van der Waals surface area contributed by atoms with Crippen molar-refractivity contribution in [1.29, 1.82) is 0 Å². The lowest BCUT2D eigenvalue weighted by Crippen LogP contribution is -2.32. The van der Waals surface area contributed by atoms with Gasteiger partial charge in [0, 0.05) is 17.5 Å². The van der Waals surface area contributed by atoms with Gasteiger partial charge < -0.3 is 0 Å². The fourth-order valence-electron chi connectivity index (χ4n) is 1.55. The summed E-state index contributed by atoms with van der Waals surface area (Å²) in [5, 5.41) is 0.133. The van der Waals surface area contributed by atoms with Crippen molar-refractivity contribution >= 4 is 21.8 Å². The van der Waals surface area contributed by atoms with Gasteiger partial charge in [-0.2, -0.15) is 4.31 Å². The molecule has 1 aromatic heterocycles. The van der Waals surface area contributed by atoms with Gasteiger partial charge in [0.05, 0.1) is 5.88 Å². The SMILES string of the molecule is CC1(C)CN(S(=O)(=O)c2ccccn2)CS1. The highest BCUT2D eigenvalue weighted by Gasteiger charge is 2.37. The Morgan fingerprint density at radius 3 is 2.69 bits per heavy atom. The molecule has 0 unspecified atom stereocenters. The van der Waals surface area contributed by atoms with Gasteiger partial charge in [-0.1, -0.05) is 6.07 Å². The van der Waals surface area contributed by atoms with Crippen LogP contribution in [-0.4, -0.2) is 34.9 Å². The zero-order valence-corrected chi connectivity index (χ0v) is 10.9. The first-order valence-corrected chi connectivity index (χ1v) is 7.39. The summed E-state index contributed by atoms with van der Waals surface area (Å²) in [5.74, 6) is 0.506. The summed E-state index contributed by atoms with van der Waals surface area (Å²) in [6.07, 6.45) is 1.50. The third-order valence-electron chi connectivity index (χ3n) is 2.40. The molecule has 0 amide bonds. The second-order valence-corrected chi connectivity index (χ2v) is 7.85. The summed E-state index contributed by atoms with van der Waals surface area (Å²) in [6.45, 7) is 4.63. The van der Waals surface area contributed by atoms with Crippen LogP contribution in [0.25, 0.3) is 0 Å². The number of sulfonamides is 1. The van der Waals surface area contributed by atoms with Crippen LogP contribution in [0.15, 0.2) is 29.4 Å². The lowest BCUT2D eigenvalue weighted by Gasteiger charge is -2.17. The number of hydrogen-bond acceptors (Lipinski definition) is 4. The maximum absolute atomic E-state index is 12.2. The summed E-state index contributed by atoms with van der Waals surface area (Å²) >= 11 is 1.65. The van der Waals surface area contributed by atoms with Crippen LogP contribution in [0.1, 0.15) is 13.8 Å². The van der Waals surface area contributed by atoms with E-state index < -0.39 is 10.0 Å². The molecule has 88 valence electrons. The fraction of sp³-hybridized carbons (Fsp3) is 0.500. The van der Waals surface area contributed by atoms with Gasteiger partial charge in [-0.3, -0.25) is 0 Å². The Morgan fingerprint density at radius 2 is 2.19 bits per heavy atom. The van der Waals surface area contributed by atoms with E-state index in [0.29, 0.717) is 12.4 Å². The van der Waals surface area contributed by atoms with Crippen molar-refractivity contribution in [3.63, 3.8) is 0 Å². The van der Waals surface area contributed by atoms with Crippen molar-refractivity contribution in [3.8, 4) is 0 Å². The van der Waals surface area contributed by atoms with E-state index in [0.717, 1.165) is 0 Å². The number of aromatic nitrogens is 1. The predicted molar refractivity (Wildman–Crippen MR) is 64.7 cm³/mol. The van der Waals surface area contributed by atoms with Gasteiger partial charge in [-0.05, 0) is 26.0 Å². The first kappa shape index (κ1) is 11.9. The van der Waals surface area contributed by atoms with E-state index >= 15 is 0 Å². The highest BCUT2D eigenvalue weighted by molar-refractivity contribution is 8.01. The molecular weight excluding hydrogens is 244 g/mol. The average molecular weight is 258 g/mol. The molecule has 6 heteroatoms. The standard InChI is InChI=1S/C10H14N2O2S2/c1-10(2)7-12(8-15-10)16(13,14)9-5-3-4-6-11-9/h3-6H,7-8H2,1-2H3. The van der Waals surface area contributed by atoms with E-state index in [1.54, 1.807) is 23.9 Å². The van der Waals surface area contributed by atoms with Crippen LogP contribution < -0.4 is 0 Å². The predicted octanol–water partition coefficient (Wildman–Crippen LogP) is 1.56. The molecule has 1 aromatic rings. The van der Waals surface area contributed by atoms with Crippen molar-refractivity contribution in [2.45, 2.75) is 23.6 Å². The van der Waals surface area contributed by atoms with Gasteiger partial charge in [0.2, 0.25) is 0 Å². The van der Waals surface area contributed by atoms with Crippen LogP contribution in [-0.2, 0) is 10.0 Å². The van der Waals surface area contributed by atoms with Gasteiger partial charge in [0.15, 0.2) is 5.03 Å². The van der Waals surface area contributed by atoms with Crippen LogP contribution in [0.2, 0.25) is 0 Å². The molecule has 0 bridgehead atoms. The van der Waals surface area contributed by atoms with Crippen molar-refractivity contribution in [2.75, 3.05) is 12.4 Å². The summed E-state index contributed by atoms with van der Waals surface area (Å²) < 4.78 is 25.8. The van der Waals surface area contributed by atoms with Gasteiger partial charge in [-0.15, -0.1) is 11.8 Å². The van der Waals surface area contributed by atoms with Crippen LogP contribution in [0, 0.1) is 0 Å². The largest absolute Gasteiger partial charge is 0.261 e. The molecule has 16 heavy (non-hydrogen) atoms.